The molecule has 0 radical (unpaired) electrons. The van der Waals surface area contributed by atoms with Crippen molar-refractivity contribution in [2.45, 2.75) is 13.3 Å². The smallest absolute Gasteiger partial charge is 0.271 e. The zero-order valence-electron chi connectivity index (χ0n) is 14.7. The molecule has 0 aliphatic carbocycles. The predicted molar refractivity (Wildman–Crippen MR) is 105 cm³/mol. The number of nitro groups is 1. The predicted octanol–water partition coefficient (Wildman–Crippen LogP) is 3.49. The van der Waals surface area contributed by atoms with Crippen LogP contribution in [-0.4, -0.2) is 20.8 Å². The lowest BCUT2D eigenvalue weighted by Crippen LogP contribution is -2.22. The number of nitrogens with zero attached hydrogens (tertiary/aromatic N) is 2. The number of nitro benzene ring substituents is 1. The van der Waals surface area contributed by atoms with E-state index in [1.807, 2.05) is 0 Å². The molecule has 8 nitrogen and oxygen atoms in total. The summed E-state index contributed by atoms with van der Waals surface area (Å²) in [5, 5.41) is 14.0. The second-order valence-electron chi connectivity index (χ2n) is 6.07. The maximum Gasteiger partial charge on any atom is 0.271 e. The van der Waals surface area contributed by atoms with Crippen LogP contribution in [0.3, 0.4) is 0 Å². The molecule has 2 N–H and O–H groups in total. The fourth-order valence-electron chi connectivity index (χ4n) is 2.53. The number of anilines is 1. The van der Waals surface area contributed by atoms with Gasteiger partial charge in [0.05, 0.1) is 17.0 Å². The first kappa shape index (κ1) is 19.2. The molecule has 0 spiro atoms. The van der Waals surface area contributed by atoms with Crippen LogP contribution in [0.2, 0.25) is 5.02 Å². The van der Waals surface area contributed by atoms with Gasteiger partial charge in [-0.05, 0) is 36.8 Å². The van der Waals surface area contributed by atoms with Crippen molar-refractivity contribution in [3.8, 4) is 11.4 Å². The first-order chi connectivity index (χ1) is 13.3. The van der Waals surface area contributed by atoms with Crippen LogP contribution in [0.5, 0.6) is 0 Å². The molecule has 0 fully saturated rings. The van der Waals surface area contributed by atoms with Crippen LogP contribution in [-0.2, 0) is 11.2 Å². The van der Waals surface area contributed by atoms with Crippen molar-refractivity contribution in [3.63, 3.8) is 0 Å². The fraction of sp³-hybridized carbons (Fsp3) is 0.105. The van der Waals surface area contributed by atoms with Crippen molar-refractivity contribution < 1.29 is 9.72 Å². The number of hydrogen-bond donors (Lipinski definition) is 2. The summed E-state index contributed by atoms with van der Waals surface area (Å²) in [6.07, 6.45) is 1.12. The molecule has 3 aromatic rings. The minimum atomic E-state index is -0.542. The van der Waals surface area contributed by atoms with Crippen LogP contribution in [0.25, 0.3) is 11.4 Å². The third-order valence-corrected chi connectivity index (χ3v) is 4.30. The Labute approximate surface area is 164 Å². The first-order valence-corrected chi connectivity index (χ1v) is 8.60. The zero-order chi connectivity index (χ0) is 20.3. The van der Waals surface area contributed by atoms with E-state index in [-0.39, 0.29) is 17.7 Å². The van der Waals surface area contributed by atoms with Crippen molar-refractivity contribution in [2.75, 3.05) is 5.32 Å². The van der Waals surface area contributed by atoms with E-state index >= 15 is 0 Å². The zero-order valence-corrected chi connectivity index (χ0v) is 15.5. The molecule has 0 saturated carbocycles. The van der Waals surface area contributed by atoms with Crippen LogP contribution in [0.1, 0.15) is 11.1 Å². The SMILES string of the molecule is Cc1ccc([N+](=O)[O-])cc1NC(=O)Cc1cnc(-c2ccc(Cl)cc2)[nH]c1=O. The average Bonchev–Trinajstić information content (AvgIpc) is 2.65. The summed E-state index contributed by atoms with van der Waals surface area (Å²) < 4.78 is 0. The molecule has 1 heterocycles. The fourth-order valence-corrected chi connectivity index (χ4v) is 2.65. The Hall–Kier alpha value is -3.52. The van der Waals surface area contributed by atoms with Crippen molar-refractivity contribution in [2.24, 2.45) is 0 Å². The first-order valence-electron chi connectivity index (χ1n) is 8.22. The molecule has 3 rings (SSSR count). The Morgan fingerprint density at radius 3 is 2.61 bits per heavy atom. The quantitative estimate of drug-likeness (QED) is 0.503. The minimum absolute atomic E-state index is 0.132. The van der Waals surface area contributed by atoms with Crippen molar-refractivity contribution in [3.05, 3.63) is 85.3 Å². The molecular weight excluding hydrogens is 384 g/mol. The molecule has 9 heteroatoms. The van der Waals surface area contributed by atoms with Gasteiger partial charge in [-0.1, -0.05) is 17.7 Å². The second kappa shape index (κ2) is 8.01. The highest BCUT2D eigenvalue weighted by Gasteiger charge is 2.13. The molecule has 2 aromatic carbocycles. The van der Waals surface area contributed by atoms with Gasteiger partial charge in [-0.15, -0.1) is 0 Å². The van der Waals surface area contributed by atoms with Gasteiger partial charge in [-0.25, -0.2) is 4.98 Å². The van der Waals surface area contributed by atoms with Crippen molar-refractivity contribution in [1.29, 1.82) is 0 Å². The summed E-state index contributed by atoms with van der Waals surface area (Å²) in [7, 11) is 0. The molecule has 1 amide bonds. The van der Waals surface area contributed by atoms with E-state index in [1.54, 1.807) is 37.3 Å². The summed E-state index contributed by atoms with van der Waals surface area (Å²) in [4.78, 5) is 41.7. The standard InChI is InChI=1S/C19H15ClN4O4/c1-11-2-7-15(24(27)28)9-16(11)22-17(25)8-13-10-21-18(23-19(13)26)12-3-5-14(20)6-4-12/h2-7,9-10H,8H2,1H3,(H,22,25)(H,21,23,26). The van der Waals surface area contributed by atoms with Gasteiger partial charge >= 0.3 is 0 Å². The molecule has 0 aliphatic heterocycles. The van der Waals surface area contributed by atoms with Crippen LogP contribution in [0, 0.1) is 17.0 Å². The van der Waals surface area contributed by atoms with Gasteiger partial charge in [0, 0.05) is 34.5 Å². The number of aryl methyl sites for hydroxylation is 1. The van der Waals surface area contributed by atoms with Gasteiger partial charge < -0.3 is 10.3 Å². The number of non-ortho nitro benzene ring substituents is 1. The summed E-state index contributed by atoms with van der Waals surface area (Å²) in [5.74, 6) is -0.115. The van der Waals surface area contributed by atoms with E-state index < -0.39 is 16.4 Å². The van der Waals surface area contributed by atoms with Gasteiger partial charge in [0.25, 0.3) is 11.2 Å². The lowest BCUT2D eigenvalue weighted by Gasteiger charge is -2.08. The summed E-state index contributed by atoms with van der Waals surface area (Å²) in [5.41, 5.74) is 1.28. The number of carbonyl (C=O) groups excluding carboxylic acids is 1. The molecule has 0 unspecified atom stereocenters. The van der Waals surface area contributed by atoms with Crippen LogP contribution >= 0.6 is 11.6 Å². The van der Waals surface area contributed by atoms with Crippen LogP contribution < -0.4 is 10.9 Å². The number of aromatic nitrogens is 2. The molecule has 0 aliphatic rings. The van der Waals surface area contributed by atoms with E-state index in [2.05, 4.69) is 15.3 Å². The van der Waals surface area contributed by atoms with Crippen LogP contribution in [0.15, 0.2) is 53.5 Å². The number of H-pyrrole nitrogens is 1. The van der Waals surface area contributed by atoms with Gasteiger partial charge in [0.2, 0.25) is 5.91 Å². The number of rotatable bonds is 5. The van der Waals surface area contributed by atoms with Gasteiger partial charge in [-0.3, -0.25) is 19.7 Å². The van der Waals surface area contributed by atoms with Crippen molar-refractivity contribution in [1.82, 2.24) is 9.97 Å². The Morgan fingerprint density at radius 1 is 1.25 bits per heavy atom. The lowest BCUT2D eigenvalue weighted by molar-refractivity contribution is -0.384. The van der Waals surface area contributed by atoms with E-state index in [0.29, 0.717) is 27.7 Å². The Kier molecular flexibility index (Phi) is 5.51. The lowest BCUT2D eigenvalue weighted by atomic mass is 10.1. The number of benzene rings is 2. The average molecular weight is 399 g/mol. The number of hydrogen-bond acceptors (Lipinski definition) is 5. The molecule has 0 saturated heterocycles. The molecule has 28 heavy (non-hydrogen) atoms. The molecule has 0 atom stereocenters. The molecular formula is C19H15ClN4O4. The highest BCUT2D eigenvalue weighted by atomic mass is 35.5. The topological polar surface area (TPSA) is 118 Å². The number of amides is 1. The van der Waals surface area contributed by atoms with Crippen LogP contribution in [0.4, 0.5) is 11.4 Å². The van der Waals surface area contributed by atoms with Gasteiger partial charge in [-0.2, -0.15) is 0 Å². The summed E-state index contributed by atoms with van der Waals surface area (Å²) in [6.45, 7) is 1.72. The molecule has 0 bridgehead atoms. The summed E-state index contributed by atoms with van der Waals surface area (Å²) >= 11 is 5.84. The Balaban J connectivity index is 1.76. The molecule has 142 valence electrons. The molecule has 1 aromatic heterocycles. The monoisotopic (exact) mass is 398 g/mol. The number of nitrogens with one attached hydrogen (secondary N) is 2. The Bertz CT molecular complexity index is 1110. The third-order valence-electron chi connectivity index (χ3n) is 4.05. The number of aromatic amines is 1. The van der Waals surface area contributed by atoms with E-state index in [9.17, 15) is 19.7 Å². The highest BCUT2D eigenvalue weighted by Crippen LogP contribution is 2.22. The minimum Gasteiger partial charge on any atom is -0.325 e. The highest BCUT2D eigenvalue weighted by molar-refractivity contribution is 6.30. The maximum atomic E-state index is 12.3. The maximum absolute atomic E-state index is 12.3. The number of halogens is 1. The second-order valence-corrected chi connectivity index (χ2v) is 6.51. The largest absolute Gasteiger partial charge is 0.325 e. The Morgan fingerprint density at radius 2 is 1.96 bits per heavy atom. The van der Waals surface area contributed by atoms with Gasteiger partial charge in [0.15, 0.2) is 0 Å². The van der Waals surface area contributed by atoms with E-state index in [0.717, 1.165) is 0 Å². The van der Waals surface area contributed by atoms with Gasteiger partial charge in [0.1, 0.15) is 5.82 Å². The van der Waals surface area contributed by atoms with E-state index in [1.165, 1.54) is 18.3 Å². The summed E-state index contributed by atoms with van der Waals surface area (Å²) in [6, 6.07) is 11.0. The number of carbonyl (C=O) groups is 1. The third kappa shape index (κ3) is 4.41. The van der Waals surface area contributed by atoms with E-state index in [4.69, 9.17) is 11.6 Å². The normalized spacial score (nSPS) is 10.5. The van der Waals surface area contributed by atoms with Crippen molar-refractivity contribution >= 4 is 28.9 Å².